The van der Waals surface area contributed by atoms with Crippen LogP contribution in [0.2, 0.25) is 0 Å². The molecule has 0 bridgehead atoms. The summed E-state index contributed by atoms with van der Waals surface area (Å²) in [7, 11) is 1.63. The Hall–Kier alpha value is -2.49. The molecule has 0 saturated heterocycles. The maximum atomic E-state index is 11.6. The molecule has 0 radical (unpaired) electrons. The van der Waals surface area contributed by atoms with Crippen LogP contribution in [0.1, 0.15) is 21.5 Å². The Morgan fingerprint density at radius 2 is 1.95 bits per heavy atom. The lowest BCUT2D eigenvalue weighted by molar-refractivity contribution is 0.0963. The second kappa shape index (κ2) is 6.10. The molecular formula is C16H19N3O. The highest BCUT2D eigenvalue weighted by Gasteiger charge is 2.06. The van der Waals surface area contributed by atoms with Crippen LogP contribution in [0.5, 0.6) is 0 Å². The molecule has 0 aliphatic heterocycles. The lowest BCUT2D eigenvalue weighted by atomic mass is 10.1. The van der Waals surface area contributed by atoms with Gasteiger partial charge in [-0.05, 0) is 42.3 Å². The Labute approximate surface area is 119 Å². The van der Waals surface area contributed by atoms with Crippen molar-refractivity contribution in [1.82, 2.24) is 5.32 Å². The fourth-order valence-corrected chi connectivity index (χ4v) is 2.03. The SMILES string of the molecule is CNC(=O)c1ccc(NCc2ccccc2N)c(C)c1. The van der Waals surface area contributed by atoms with Gasteiger partial charge in [0.15, 0.2) is 0 Å². The number of para-hydroxylation sites is 1. The number of nitrogens with one attached hydrogen (secondary N) is 2. The van der Waals surface area contributed by atoms with Gasteiger partial charge in [0.2, 0.25) is 0 Å². The van der Waals surface area contributed by atoms with Gasteiger partial charge in [0.25, 0.3) is 5.91 Å². The number of hydrogen-bond donors (Lipinski definition) is 3. The van der Waals surface area contributed by atoms with Crippen LogP contribution < -0.4 is 16.4 Å². The van der Waals surface area contributed by atoms with E-state index in [4.69, 9.17) is 5.73 Å². The summed E-state index contributed by atoms with van der Waals surface area (Å²) in [5.41, 5.74) is 10.4. The first-order valence-electron chi connectivity index (χ1n) is 6.52. The molecule has 4 heteroatoms. The first kappa shape index (κ1) is 13.9. The van der Waals surface area contributed by atoms with Gasteiger partial charge in [-0.15, -0.1) is 0 Å². The fourth-order valence-electron chi connectivity index (χ4n) is 2.03. The van der Waals surface area contributed by atoms with Crippen molar-refractivity contribution in [2.45, 2.75) is 13.5 Å². The van der Waals surface area contributed by atoms with Crippen LogP contribution in [0.3, 0.4) is 0 Å². The van der Waals surface area contributed by atoms with Gasteiger partial charge in [-0.25, -0.2) is 0 Å². The number of benzene rings is 2. The molecule has 2 rings (SSSR count). The topological polar surface area (TPSA) is 67.2 Å². The Bertz CT molecular complexity index is 623. The molecule has 0 aliphatic carbocycles. The molecule has 20 heavy (non-hydrogen) atoms. The largest absolute Gasteiger partial charge is 0.398 e. The summed E-state index contributed by atoms with van der Waals surface area (Å²) < 4.78 is 0. The van der Waals surface area contributed by atoms with E-state index in [1.165, 1.54) is 0 Å². The van der Waals surface area contributed by atoms with E-state index in [0.29, 0.717) is 12.1 Å². The Morgan fingerprint density at radius 1 is 1.20 bits per heavy atom. The van der Waals surface area contributed by atoms with E-state index < -0.39 is 0 Å². The van der Waals surface area contributed by atoms with Gasteiger partial charge in [-0.3, -0.25) is 4.79 Å². The number of nitrogen functional groups attached to an aromatic ring is 1. The minimum atomic E-state index is -0.0769. The van der Waals surface area contributed by atoms with Crippen LogP contribution in [-0.4, -0.2) is 13.0 Å². The molecular weight excluding hydrogens is 250 g/mol. The molecule has 4 nitrogen and oxygen atoms in total. The summed E-state index contributed by atoms with van der Waals surface area (Å²) in [5.74, 6) is -0.0769. The number of aryl methyl sites for hydroxylation is 1. The molecule has 4 N–H and O–H groups in total. The third-order valence-electron chi connectivity index (χ3n) is 3.24. The zero-order valence-electron chi connectivity index (χ0n) is 11.7. The van der Waals surface area contributed by atoms with Crippen molar-refractivity contribution in [1.29, 1.82) is 0 Å². The highest BCUT2D eigenvalue weighted by Crippen LogP contribution is 2.19. The minimum Gasteiger partial charge on any atom is -0.398 e. The molecule has 0 aliphatic rings. The standard InChI is InChI=1S/C16H19N3O/c1-11-9-12(16(20)18-2)7-8-15(11)19-10-13-5-3-4-6-14(13)17/h3-9,19H,10,17H2,1-2H3,(H,18,20). The van der Waals surface area contributed by atoms with Crippen molar-refractivity contribution in [3.8, 4) is 0 Å². The van der Waals surface area contributed by atoms with Crippen molar-refractivity contribution in [3.63, 3.8) is 0 Å². The van der Waals surface area contributed by atoms with E-state index in [9.17, 15) is 4.79 Å². The van der Waals surface area contributed by atoms with E-state index in [0.717, 1.165) is 22.5 Å². The maximum absolute atomic E-state index is 11.6. The van der Waals surface area contributed by atoms with Gasteiger partial charge in [-0.2, -0.15) is 0 Å². The summed E-state index contributed by atoms with van der Waals surface area (Å²) in [6.07, 6.45) is 0. The minimum absolute atomic E-state index is 0.0769. The third kappa shape index (κ3) is 3.09. The molecule has 1 amide bonds. The third-order valence-corrected chi connectivity index (χ3v) is 3.24. The molecule has 0 heterocycles. The molecule has 2 aromatic carbocycles. The number of nitrogens with two attached hydrogens (primary N) is 1. The molecule has 0 unspecified atom stereocenters. The number of hydrogen-bond acceptors (Lipinski definition) is 3. The lowest BCUT2D eigenvalue weighted by Gasteiger charge is -2.12. The smallest absolute Gasteiger partial charge is 0.251 e. The summed E-state index contributed by atoms with van der Waals surface area (Å²) in [4.78, 5) is 11.6. The summed E-state index contributed by atoms with van der Waals surface area (Å²) in [6, 6.07) is 13.4. The van der Waals surface area contributed by atoms with Gasteiger partial charge in [0.05, 0.1) is 0 Å². The van der Waals surface area contributed by atoms with Crippen LogP contribution in [0.4, 0.5) is 11.4 Å². The molecule has 0 atom stereocenters. The average molecular weight is 269 g/mol. The van der Waals surface area contributed by atoms with Crippen molar-refractivity contribution >= 4 is 17.3 Å². The van der Waals surface area contributed by atoms with Gasteiger partial charge in [-0.1, -0.05) is 18.2 Å². The summed E-state index contributed by atoms with van der Waals surface area (Å²) in [5, 5.41) is 5.96. The second-order valence-electron chi connectivity index (χ2n) is 4.66. The quantitative estimate of drug-likeness (QED) is 0.747. The zero-order valence-corrected chi connectivity index (χ0v) is 11.7. The molecule has 0 spiro atoms. The Balaban J connectivity index is 2.11. The predicted molar refractivity (Wildman–Crippen MR) is 82.8 cm³/mol. The lowest BCUT2D eigenvalue weighted by Crippen LogP contribution is -2.17. The van der Waals surface area contributed by atoms with Crippen LogP contribution in [0.15, 0.2) is 42.5 Å². The average Bonchev–Trinajstić information content (AvgIpc) is 2.46. The first-order valence-corrected chi connectivity index (χ1v) is 6.52. The molecule has 2 aromatic rings. The van der Waals surface area contributed by atoms with Crippen molar-refractivity contribution in [2.75, 3.05) is 18.1 Å². The molecule has 0 fully saturated rings. The van der Waals surface area contributed by atoms with Crippen molar-refractivity contribution < 1.29 is 4.79 Å². The Morgan fingerprint density at radius 3 is 2.60 bits per heavy atom. The van der Waals surface area contributed by atoms with E-state index in [1.807, 2.05) is 49.4 Å². The normalized spacial score (nSPS) is 10.1. The molecule has 104 valence electrons. The van der Waals surface area contributed by atoms with Crippen molar-refractivity contribution in [3.05, 3.63) is 59.2 Å². The monoisotopic (exact) mass is 269 g/mol. The van der Waals surface area contributed by atoms with E-state index >= 15 is 0 Å². The number of carbonyl (C=O) groups excluding carboxylic acids is 1. The van der Waals surface area contributed by atoms with Crippen LogP contribution in [0.25, 0.3) is 0 Å². The fraction of sp³-hybridized carbons (Fsp3) is 0.188. The number of amides is 1. The van der Waals surface area contributed by atoms with E-state index in [-0.39, 0.29) is 5.91 Å². The number of carbonyl (C=O) groups is 1. The first-order chi connectivity index (χ1) is 9.61. The molecule has 0 aromatic heterocycles. The van der Waals surface area contributed by atoms with Gasteiger partial charge in [0, 0.05) is 30.5 Å². The van der Waals surface area contributed by atoms with E-state index in [1.54, 1.807) is 7.05 Å². The van der Waals surface area contributed by atoms with Crippen molar-refractivity contribution in [2.24, 2.45) is 0 Å². The maximum Gasteiger partial charge on any atom is 0.251 e. The Kier molecular flexibility index (Phi) is 4.25. The van der Waals surface area contributed by atoms with Crippen LogP contribution >= 0.6 is 0 Å². The predicted octanol–water partition coefficient (Wildman–Crippen LogP) is 2.55. The molecule has 0 saturated carbocycles. The second-order valence-corrected chi connectivity index (χ2v) is 4.66. The zero-order chi connectivity index (χ0) is 14.5. The number of rotatable bonds is 4. The highest BCUT2D eigenvalue weighted by molar-refractivity contribution is 5.94. The number of anilines is 2. The van der Waals surface area contributed by atoms with Gasteiger partial charge < -0.3 is 16.4 Å². The van der Waals surface area contributed by atoms with Gasteiger partial charge >= 0.3 is 0 Å². The van der Waals surface area contributed by atoms with E-state index in [2.05, 4.69) is 10.6 Å². The summed E-state index contributed by atoms with van der Waals surface area (Å²) in [6.45, 7) is 2.63. The van der Waals surface area contributed by atoms with Gasteiger partial charge in [0.1, 0.15) is 0 Å². The van der Waals surface area contributed by atoms with Crippen LogP contribution in [-0.2, 0) is 6.54 Å². The summed E-state index contributed by atoms with van der Waals surface area (Å²) >= 11 is 0. The van der Waals surface area contributed by atoms with Crippen LogP contribution in [0, 0.1) is 6.92 Å². The highest BCUT2D eigenvalue weighted by atomic mass is 16.1.